The molecule has 1 saturated heterocycles. The van der Waals surface area contributed by atoms with E-state index in [4.69, 9.17) is 4.42 Å². The van der Waals surface area contributed by atoms with Crippen molar-refractivity contribution in [3.05, 3.63) is 59.9 Å². The molecule has 2 heterocycles. The molecular formula is C31H31F3N4O4S. The minimum absolute atomic E-state index is 0.0718. The summed E-state index contributed by atoms with van der Waals surface area (Å²) in [4.78, 5) is 20.0. The molecule has 3 aliphatic rings. The zero-order valence-corrected chi connectivity index (χ0v) is 24.2. The monoisotopic (exact) mass is 612 g/mol. The van der Waals surface area contributed by atoms with E-state index in [0.29, 0.717) is 55.8 Å². The predicted octanol–water partition coefficient (Wildman–Crippen LogP) is 5.71. The van der Waals surface area contributed by atoms with Crippen LogP contribution in [0.3, 0.4) is 0 Å². The highest BCUT2D eigenvalue weighted by Crippen LogP contribution is 2.46. The van der Waals surface area contributed by atoms with Crippen molar-refractivity contribution < 1.29 is 30.8 Å². The topological polar surface area (TPSA) is 116 Å². The highest BCUT2D eigenvalue weighted by atomic mass is 32.2. The number of rotatable bonds is 6. The fourth-order valence-corrected chi connectivity index (χ4v) is 7.30. The van der Waals surface area contributed by atoms with E-state index in [9.17, 15) is 31.6 Å². The van der Waals surface area contributed by atoms with Crippen molar-refractivity contribution in [2.45, 2.75) is 56.2 Å². The van der Waals surface area contributed by atoms with E-state index >= 15 is 0 Å². The maximum atomic E-state index is 14.0. The number of nitrogens with zero attached hydrogens (tertiary/aromatic N) is 3. The molecule has 6 rings (SSSR count). The van der Waals surface area contributed by atoms with Crippen LogP contribution in [0, 0.1) is 17.2 Å². The van der Waals surface area contributed by atoms with Gasteiger partial charge in [0.2, 0.25) is 11.8 Å². The quantitative estimate of drug-likeness (QED) is 0.379. The molecule has 2 atom stereocenters. The molecule has 3 aromatic rings. The Morgan fingerprint density at radius 3 is 2.37 bits per heavy atom. The highest BCUT2D eigenvalue weighted by Gasteiger charge is 2.47. The second kappa shape index (κ2) is 11.0. The second-order valence-corrected chi connectivity index (χ2v) is 13.9. The van der Waals surface area contributed by atoms with Gasteiger partial charge in [-0.1, -0.05) is 37.1 Å². The van der Waals surface area contributed by atoms with Gasteiger partial charge >= 0.3 is 6.18 Å². The second-order valence-electron chi connectivity index (χ2n) is 11.6. The number of amides is 1. The predicted molar refractivity (Wildman–Crippen MR) is 154 cm³/mol. The molecule has 2 saturated carbocycles. The minimum Gasteiger partial charge on any atom is -0.440 e. The van der Waals surface area contributed by atoms with Crippen molar-refractivity contribution in [3.8, 4) is 28.8 Å². The summed E-state index contributed by atoms with van der Waals surface area (Å²) in [5, 5.41) is 12.4. The van der Waals surface area contributed by atoms with Crippen LogP contribution in [-0.4, -0.2) is 49.4 Å². The van der Waals surface area contributed by atoms with Crippen LogP contribution in [0.5, 0.6) is 0 Å². The molecule has 1 amide bonds. The van der Waals surface area contributed by atoms with Crippen molar-refractivity contribution in [1.29, 1.82) is 5.26 Å². The summed E-state index contributed by atoms with van der Waals surface area (Å²) in [5.74, 6) is -0.894. The van der Waals surface area contributed by atoms with Crippen LogP contribution in [0.1, 0.15) is 55.8 Å². The Kier molecular flexibility index (Phi) is 7.49. The number of carbonyl (C=O) groups is 1. The van der Waals surface area contributed by atoms with E-state index < -0.39 is 39.0 Å². The summed E-state index contributed by atoms with van der Waals surface area (Å²) < 4.78 is 71.8. The summed E-state index contributed by atoms with van der Waals surface area (Å²) in [7, 11) is -3.05. The van der Waals surface area contributed by atoms with Crippen LogP contribution >= 0.6 is 0 Å². The minimum atomic E-state index is -4.63. The molecule has 0 bridgehead atoms. The van der Waals surface area contributed by atoms with Crippen LogP contribution in [0.4, 0.5) is 18.9 Å². The summed E-state index contributed by atoms with van der Waals surface area (Å²) in [6.45, 7) is 0.747. The number of aromatic nitrogens is 1. The Morgan fingerprint density at radius 2 is 1.72 bits per heavy atom. The number of benzene rings is 2. The van der Waals surface area contributed by atoms with E-state index in [1.54, 1.807) is 12.1 Å². The summed E-state index contributed by atoms with van der Waals surface area (Å²) >= 11 is 0. The van der Waals surface area contributed by atoms with Gasteiger partial charge in [-0.15, -0.1) is 0 Å². The zero-order chi connectivity index (χ0) is 30.4. The van der Waals surface area contributed by atoms with Gasteiger partial charge in [0.25, 0.3) is 0 Å². The number of hydrogen-bond donors (Lipinski definition) is 1. The third-order valence-electron chi connectivity index (χ3n) is 8.73. The summed E-state index contributed by atoms with van der Waals surface area (Å²) in [6, 6.07) is 14.6. The fraction of sp³-hybridized carbons (Fsp3) is 0.452. The third kappa shape index (κ3) is 6.00. The molecule has 1 aromatic heterocycles. The molecule has 0 spiro atoms. The van der Waals surface area contributed by atoms with Gasteiger partial charge in [-0.25, -0.2) is 13.4 Å². The molecular weight excluding hydrogens is 581 g/mol. The normalized spacial score (nSPS) is 22.9. The number of alkyl halides is 3. The fourth-order valence-electron chi connectivity index (χ4n) is 6.10. The molecule has 2 aliphatic carbocycles. The Morgan fingerprint density at radius 1 is 1.05 bits per heavy atom. The average Bonchev–Trinajstić information content (AvgIpc) is 3.63. The van der Waals surface area contributed by atoms with Crippen LogP contribution < -0.4 is 10.2 Å². The van der Waals surface area contributed by atoms with Gasteiger partial charge in [-0.05, 0) is 49.9 Å². The first-order valence-electron chi connectivity index (χ1n) is 14.4. The molecule has 8 nitrogen and oxygen atoms in total. The van der Waals surface area contributed by atoms with Gasteiger partial charge in [0.1, 0.15) is 17.0 Å². The lowest BCUT2D eigenvalue weighted by atomic mass is 9.76. The molecule has 0 radical (unpaired) electrons. The van der Waals surface area contributed by atoms with Gasteiger partial charge in [-0.2, -0.15) is 18.4 Å². The Bertz CT molecular complexity index is 1660. The van der Waals surface area contributed by atoms with Gasteiger partial charge in [-0.3, -0.25) is 4.79 Å². The number of halogens is 3. The molecule has 0 unspecified atom stereocenters. The van der Waals surface area contributed by atoms with Crippen LogP contribution in [0.2, 0.25) is 0 Å². The maximum absolute atomic E-state index is 14.0. The standard InChI is InChI=1S/C31H31F3N4O4S/c32-31(33,34)25-8-4-3-7-24(25)29-36-26(20-9-11-21(12-10-20)38-15-17-43(40,41)18-16-38)27(42-29)22-5-1-2-6-23(22)28(39)37-30(19-35)13-14-30/h3-4,7-12,22-23H,1-2,5-6,13-18H2,(H,37,39)/t22-,23-/m1/s1. The molecule has 12 heteroatoms. The summed E-state index contributed by atoms with van der Waals surface area (Å²) in [5.41, 5.74) is -0.0927. The largest absolute Gasteiger partial charge is 0.440 e. The molecule has 1 aliphatic heterocycles. The zero-order valence-electron chi connectivity index (χ0n) is 23.4. The number of nitriles is 1. The van der Waals surface area contributed by atoms with Crippen molar-refractivity contribution in [2.75, 3.05) is 29.5 Å². The molecule has 2 aromatic carbocycles. The third-order valence-corrected chi connectivity index (χ3v) is 10.3. The first kappa shape index (κ1) is 29.2. The first-order chi connectivity index (χ1) is 20.5. The SMILES string of the molecule is N#CC1(NC(=O)[C@@H]2CCCC[C@H]2c2oc(-c3ccccc3C(F)(F)F)nc2-c2ccc(N3CCS(=O)(=O)CC3)cc2)CC1. The van der Waals surface area contributed by atoms with Crippen molar-refractivity contribution in [3.63, 3.8) is 0 Å². The van der Waals surface area contributed by atoms with Gasteiger partial charge in [0.15, 0.2) is 9.84 Å². The van der Waals surface area contributed by atoms with E-state index in [1.165, 1.54) is 18.2 Å². The summed E-state index contributed by atoms with van der Waals surface area (Å²) in [6.07, 6.45) is -0.686. The van der Waals surface area contributed by atoms with Gasteiger partial charge < -0.3 is 14.6 Å². The molecule has 1 N–H and O–H groups in total. The Hall–Kier alpha value is -3.85. The van der Waals surface area contributed by atoms with Crippen LogP contribution in [-0.2, 0) is 20.8 Å². The first-order valence-corrected chi connectivity index (χ1v) is 16.3. The number of oxazole rings is 1. The molecule has 43 heavy (non-hydrogen) atoms. The smallest absolute Gasteiger partial charge is 0.417 e. The van der Waals surface area contributed by atoms with E-state index in [1.807, 2.05) is 17.0 Å². The number of nitrogens with one attached hydrogen (secondary N) is 1. The van der Waals surface area contributed by atoms with Gasteiger partial charge in [0, 0.05) is 41.7 Å². The lowest BCUT2D eigenvalue weighted by Crippen LogP contribution is -2.42. The molecule has 3 fully saturated rings. The van der Waals surface area contributed by atoms with E-state index in [0.717, 1.165) is 24.6 Å². The van der Waals surface area contributed by atoms with Crippen molar-refractivity contribution in [2.24, 2.45) is 5.92 Å². The number of anilines is 1. The maximum Gasteiger partial charge on any atom is 0.417 e. The van der Waals surface area contributed by atoms with E-state index in [-0.39, 0.29) is 28.9 Å². The van der Waals surface area contributed by atoms with Crippen molar-refractivity contribution >= 4 is 21.4 Å². The number of carbonyl (C=O) groups excluding carboxylic acids is 1. The number of hydrogen-bond acceptors (Lipinski definition) is 7. The number of sulfone groups is 1. The molecule has 226 valence electrons. The highest BCUT2D eigenvalue weighted by molar-refractivity contribution is 7.91. The Balaban J connectivity index is 1.40. The van der Waals surface area contributed by atoms with Crippen molar-refractivity contribution in [1.82, 2.24) is 10.3 Å². The Labute approximate surface area is 247 Å². The van der Waals surface area contributed by atoms with Gasteiger partial charge in [0.05, 0.1) is 23.1 Å². The van der Waals surface area contributed by atoms with E-state index in [2.05, 4.69) is 16.4 Å². The average molecular weight is 613 g/mol. The van der Waals surface area contributed by atoms with Crippen LogP contribution in [0.15, 0.2) is 52.9 Å². The van der Waals surface area contributed by atoms with Crippen LogP contribution in [0.25, 0.3) is 22.7 Å². The lowest BCUT2D eigenvalue weighted by molar-refractivity contribution is -0.137. The lowest BCUT2D eigenvalue weighted by Gasteiger charge is -2.30.